The maximum absolute atomic E-state index is 12.6. The minimum absolute atomic E-state index is 0.285. The van der Waals surface area contributed by atoms with Gasteiger partial charge < -0.3 is 10.1 Å². The van der Waals surface area contributed by atoms with Gasteiger partial charge in [-0.15, -0.1) is 5.10 Å². The Labute approximate surface area is 146 Å². The van der Waals surface area contributed by atoms with Crippen LogP contribution < -0.4 is 10.1 Å². The van der Waals surface area contributed by atoms with Gasteiger partial charge in [0.15, 0.2) is 5.69 Å². The van der Waals surface area contributed by atoms with E-state index >= 15 is 0 Å². The molecule has 0 saturated carbocycles. The van der Waals surface area contributed by atoms with Crippen LogP contribution in [0.4, 0.5) is 5.69 Å². The molecule has 0 radical (unpaired) electrons. The fraction of sp³-hybridized carbons (Fsp3) is 0.211. The van der Waals surface area contributed by atoms with E-state index in [9.17, 15) is 4.79 Å². The first-order valence-electron chi connectivity index (χ1n) is 8.12. The van der Waals surface area contributed by atoms with Crippen molar-refractivity contribution in [2.24, 2.45) is 0 Å². The van der Waals surface area contributed by atoms with E-state index in [-0.39, 0.29) is 11.6 Å². The van der Waals surface area contributed by atoms with Crippen LogP contribution in [0.1, 0.15) is 28.7 Å². The van der Waals surface area contributed by atoms with Gasteiger partial charge in [-0.1, -0.05) is 29.5 Å². The SMILES string of the molecule is CCOc1ccccc1NC(=O)c1nnn(-c2cccc(C)c2)c1C. The largest absolute Gasteiger partial charge is 0.492 e. The summed E-state index contributed by atoms with van der Waals surface area (Å²) >= 11 is 0. The summed E-state index contributed by atoms with van der Waals surface area (Å²) in [6.07, 6.45) is 0. The molecule has 128 valence electrons. The van der Waals surface area contributed by atoms with E-state index in [1.165, 1.54) is 0 Å². The highest BCUT2D eigenvalue weighted by atomic mass is 16.5. The van der Waals surface area contributed by atoms with Gasteiger partial charge in [0.05, 0.1) is 23.7 Å². The lowest BCUT2D eigenvalue weighted by atomic mass is 10.2. The van der Waals surface area contributed by atoms with Crippen molar-refractivity contribution in [3.63, 3.8) is 0 Å². The highest BCUT2D eigenvalue weighted by Crippen LogP contribution is 2.24. The number of nitrogens with one attached hydrogen (secondary N) is 1. The van der Waals surface area contributed by atoms with Crippen molar-refractivity contribution in [1.29, 1.82) is 0 Å². The number of nitrogens with zero attached hydrogens (tertiary/aromatic N) is 3. The maximum Gasteiger partial charge on any atom is 0.278 e. The third kappa shape index (κ3) is 3.52. The van der Waals surface area contributed by atoms with Crippen LogP contribution in [0.25, 0.3) is 5.69 Å². The van der Waals surface area contributed by atoms with Gasteiger partial charge in [0, 0.05) is 0 Å². The first kappa shape index (κ1) is 16.7. The molecule has 0 atom stereocenters. The van der Waals surface area contributed by atoms with Crippen molar-refractivity contribution in [3.05, 3.63) is 65.5 Å². The number of para-hydroxylation sites is 2. The number of rotatable bonds is 5. The quantitative estimate of drug-likeness (QED) is 0.774. The minimum Gasteiger partial charge on any atom is -0.492 e. The number of aryl methyl sites for hydroxylation is 1. The molecule has 1 N–H and O–H groups in total. The van der Waals surface area contributed by atoms with E-state index in [1.54, 1.807) is 10.7 Å². The Kier molecular flexibility index (Phi) is 4.79. The molecule has 3 aromatic rings. The molecule has 25 heavy (non-hydrogen) atoms. The van der Waals surface area contributed by atoms with Gasteiger partial charge in [-0.05, 0) is 50.6 Å². The van der Waals surface area contributed by atoms with Gasteiger partial charge in [-0.3, -0.25) is 4.79 Å². The Bertz CT molecular complexity index is 902. The Hall–Kier alpha value is -3.15. The van der Waals surface area contributed by atoms with Crippen LogP contribution >= 0.6 is 0 Å². The summed E-state index contributed by atoms with van der Waals surface area (Å²) in [5.41, 5.74) is 3.56. The number of carbonyl (C=O) groups is 1. The average Bonchev–Trinajstić information content (AvgIpc) is 2.98. The second-order valence-electron chi connectivity index (χ2n) is 5.66. The molecule has 0 aliphatic carbocycles. The van der Waals surface area contributed by atoms with Crippen LogP contribution in [0.2, 0.25) is 0 Å². The fourth-order valence-electron chi connectivity index (χ4n) is 2.58. The molecule has 0 aliphatic rings. The number of aromatic nitrogens is 3. The predicted molar refractivity (Wildman–Crippen MR) is 96.4 cm³/mol. The number of ether oxygens (including phenoxy) is 1. The lowest BCUT2D eigenvalue weighted by Crippen LogP contribution is -2.15. The molecule has 0 fully saturated rings. The molecule has 0 bridgehead atoms. The first-order chi connectivity index (χ1) is 12.1. The van der Waals surface area contributed by atoms with Crippen LogP contribution in [-0.2, 0) is 0 Å². The van der Waals surface area contributed by atoms with Crippen molar-refractivity contribution in [2.75, 3.05) is 11.9 Å². The Morgan fingerprint density at radius 3 is 2.72 bits per heavy atom. The Morgan fingerprint density at radius 2 is 1.96 bits per heavy atom. The van der Waals surface area contributed by atoms with Crippen molar-refractivity contribution < 1.29 is 9.53 Å². The third-order valence-corrected chi connectivity index (χ3v) is 3.79. The van der Waals surface area contributed by atoms with E-state index in [0.717, 1.165) is 11.3 Å². The number of anilines is 1. The number of benzene rings is 2. The molecule has 1 heterocycles. The number of carbonyl (C=O) groups excluding carboxylic acids is 1. The molecular weight excluding hydrogens is 316 g/mol. The molecule has 1 aromatic heterocycles. The zero-order chi connectivity index (χ0) is 17.8. The predicted octanol–water partition coefficient (Wildman–Crippen LogP) is 3.54. The topological polar surface area (TPSA) is 69.0 Å². The van der Waals surface area contributed by atoms with E-state index in [4.69, 9.17) is 4.74 Å². The van der Waals surface area contributed by atoms with Crippen LogP contribution in [0, 0.1) is 13.8 Å². The molecule has 2 aromatic carbocycles. The summed E-state index contributed by atoms with van der Waals surface area (Å²) in [4.78, 5) is 12.6. The maximum atomic E-state index is 12.6. The lowest BCUT2D eigenvalue weighted by Gasteiger charge is -2.10. The van der Waals surface area contributed by atoms with Crippen molar-refractivity contribution in [3.8, 4) is 11.4 Å². The molecule has 6 heteroatoms. The first-order valence-corrected chi connectivity index (χ1v) is 8.12. The molecular formula is C19H20N4O2. The molecule has 6 nitrogen and oxygen atoms in total. The smallest absolute Gasteiger partial charge is 0.278 e. The third-order valence-electron chi connectivity index (χ3n) is 3.79. The van der Waals surface area contributed by atoms with Gasteiger partial charge in [-0.2, -0.15) is 0 Å². The lowest BCUT2D eigenvalue weighted by molar-refractivity contribution is 0.102. The normalized spacial score (nSPS) is 10.5. The summed E-state index contributed by atoms with van der Waals surface area (Å²) in [5.74, 6) is 0.311. The summed E-state index contributed by atoms with van der Waals surface area (Å²) in [6, 6.07) is 15.2. The highest BCUT2D eigenvalue weighted by Gasteiger charge is 2.18. The molecule has 0 aliphatic heterocycles. The van der Waals surface area contributed by atoms with E-state index in [0.29, 0.717) is 23.7 Å². The number of hydrogen-bond acceptors (Lipinski definition) is 4. The van der Waals surface area contributed by atoms with Gasteiger partial charge in [-0.25, -0.2) is 4.68 Å². The fourth-order valence-corrected chi connectivity index (χ4v) is 2.58. The highest BCUT2D eigenvalue weighted by molar-refractivity contribution is 6.04. The molecule has 0 saturated heterocycles. The molecule has 3 rings (SSSR count). The average molecular weight is 336 g/mol. The van der Waals surface area contributed by atoms with E-state index in [2.05, 4.69) is 15.6 Å². The Morgan fingerprint density at radius 1 is 1.16 bits per heavy atom. The zero-order valence-corrected chi connectivity index (χ0v) is 14.5. The second kappa shape index (κ2) is 7.17. The van der Waals surface area contributed by atoms with Gasteiger partial charge in [0.2, 0.25) is 0 Å². The van der Waals surface area contributed by atoms with Crippen LogP contribution in [0.3, 0.4) is 0 Å². The summed E-state index contributed by atoms with van der Waals surface area (Å²) in [5, 5.41) is 11.0. The zero-order valence-electron chi connectivity index (χ0n) is 14.5. The second-order valence-corrected chi connectivity index (χ2v) is 5.66. The van der Waals surface area contributed by atoms with Crippen molar-refractivity contribution in [1.82, 2.24) is 15.0 Å². The van der Waals surface area contributed by atoms with Gasteiger partial charge in [0.25, 0.3) is 5.91 Å². The summed E-state index contributed by atoms with van der Waals surface area (Å²) < 4.78 is 7.20. The van der Waals surface area contributed by atoms with Gasteiger partial charge in [0.1, 0.15) is 5.75 Å². The van der Waals surface area contributed by atoms with E-state index < -0.39 is 0 Å². The Balaban J connectivity index is 1.87. The van der Waals surface area contributed by atoms with Crippen molar-refractivity contribution >= 4 is 11.6 Å². The summed E-state index contributed by atoms with van der Waals surface area (Å²) in [6.45, 7) is 6.26. The minimum atomic E-state index is -0.316. The molecule has 0 spiro atoms. The number of hydrogen-bond donors (Lipinski definition) is 1. The van der Waals surface area contributed by atoms with Crippen molar-refractivity contribution in [2.45, 2.75) is 20.8 Å². The summed E-state index contributed by atoms with van der Waals surface area (Å²) in [7, 11) is 0. The molecule has 1 amide bonds. The van der Waals surface area contributed by atoms with Crippen LogP contribution in [0.5, 0.6) is 5.75 Å². The monoisotopic (exact) mass is 336 g/mol. The van der Waals surface area contributed by atoms with E-state index in [1.807, 2.05) is 63.2 Å². The van der Waals surface area contributed by atoms with Crippen LogP contribution in [0.15, 0.2) is 48.5 Å². The van der Waals surface area contributed by atoms with Gasteiger partial charge >= 0.3 is 0 Å². The van der Waals surface area contributed by atoms with Crippen LogP contribution in [-0.4, -0.2) is 27.5 Å². The standard InChI is InChI=1S/C19H20N4O2/c1-4-25-17-11-6-5-10-16(17)20-19(24)18-14(3)23(22-21-18)15-9-7-8-13(2)12-15/h5-12H,4H2,1-3H3,(H,20,24). The molecule has 0 unspecified atom stereocenters. The number of amides is 1.